The summed E-state index contributed by atoms with van der Waals surface area (Å²) in [6.45, 7) is 0.625. The maximum atomic E-state index is 11.3. The summed E-state index contributed by atoms with van der Waals surface area (Å²) in [5, 5.41) is 6.88. The summed E-state index contributed by atoms with van der Waals surface area (Å²) in [6.07, 6.45) is 2.02. The lowest BCUT2D eigenvalue weighted by atomic mass is 10.2. The van der Waals surface area contributed by atoms with Crippen LogP contribution >= 0.6 is 22.9 Å². The van der Waals surface area contributed by atoms with Gasteiger partial charge in [-0.2, -0.15) is 0 Å². The Morgan fingerprint density at radius 3 is 2.83 bits per heavy atom. The summed E-state index contributed by atoms with van der Waals surface area (Å²) in [5.74, 6) is 0.850. The van der Waals surface area contributed by atoms with E-state index in [1.54, 1.807) is 17.7 Å². The van der Waals surface area contributed by atoms with Gasteiger partial charge in [-0.3, -0.25) is 4.79 Å². The van der Waals surface area contributed by atoms with Crippen molar-refractivity contribution in [1.82, 2.24) is 15.3 Å². The number of rotatable bonds is 3. The normalized spacial score (nSPS) is 17.4. The second kappa shape index (κ2) is 5.79. The Bertz CT molecular complexity index is 877. The fourth-order valence-electron chi connectivity index (χ4n) is 2.61. The van der Waals surface area contributed by atoms with E-state index in [9.17, 15) is 4.79 Å². The molecule has 3 aromatic rings. The highest BCUT2D eigenvalue weighted by Gasteiger charge is 2.22. The average molecular weight is 345 g/mol. The molecule has 1 aromatic carbocycles. The molecule has 0 saturated carbocycles. The van der Waals surface area contributed by atoms with Crippen molar-refractivity contribution in [3.05, 3.63) is 41.7 Å². The molecule has 0 radical (unpaired) electrons. The zero-order valence-corrected chi connectivity index (χ0v) is 13.6. The summed E-state index contributed by atoms with van der Waals surface area (Å²) in [4.78, 5) is 21.1. The molecule has 116 valence electrons. The van der Waals surface area contributed by atoms with E-state index in [1.807, 2.05) is 30.3 Å². The van der Waals surface area contributed by atoms with E-state index in [0.717, 1.165) is 31.5 Å². The number of hydrogen-bond acceptors (Lipinski definition) is 5. The molecule has 2 N–H and O–H groups in total. The molecule has 1 saturated heterocycles. The van der Waals surface area contributed by atoms with Crippen LogP contribution in [0.15, 0.2) is 36.7 Å². The first kappa shape index (κ1) is 14.4. The maximum absolute atomic E-state index is 11.3. The summed E-state index contributed by atoms with van der Waals surface area (Å²) in [7, 11) is 0. The lowest BCUT2D eigenvalue weighted by Crippen LogP contribution is -2.22. The Morgan fingerprint density at radius 2 is 2.09 bits per heavy atom. The highest BCUT2D eigenvalue weighted by molar-refractivity contribution is 7.22. The van der Waals surface area contributed by atoms with Crippen LogP contribution < -0.4 is 10.6 Å². The van der Waals surface area contributed by atoms with Crippen LogP contribution in [0.5, 0.6) is 0 Å². The second-order valence-corrected chi connectivity index (χ2v) is 6.89. The monoisotopic (exact) mass is 344 g/mol. The van der Waals surface area contributed by atoms with E-state index in [4.69, 9.17) is 11.6 Å². The van der Waals surface area contributed by atoms with Gasteiger partial charge in [-0.25, -0.2) is 9.97 Å². The third-order valence-corrected chi connectivity index (χ3v) is 5.19. The third-order valence-electron chi connectivity index (χ3n) is 3.76. The number of carbonyl (C=O) groups is 1. The van der Waals surface area contributed by atoms with Gasteiger partial charge in [0.1, 0.15) is 12.1 Å². The first-order chi connectivity index (χ1) is 11.2. The molecule has 0 spiro atoms. The Balaban J connectivity index is 1.69. The second-order valence-electron chi connectivity index (χ2n) is 5.40. The van der Waals surface area contributed by atoms with Crippen molar-refractivity contribution >= 4 is 44.9 Å². The van der Waals surface area contributed by atoms with E-state index in [0.29, 0.717) is 13.0 Å². The molecule has 0 bridgehead atoms. The number of carbonyl (C=O) groups excluding carboxylic acids is 1. The van der Waals surface area contributed by atoms with Gasteiger partial charge in [0.25, 0.3) is 0 Å². The third kappa shape index (κ3) is 2.87. The standard InChI is InChI=1S/C16H13ClN4OS/c17-10-3-1-9(2-4-10)13-6-12-15(23-13)16(20-8-19-12)21-11-5-14(22)18-7-11/h1-4,6,8,11H,5,7H2,(H,18,22)(H,19,20,21)/t11-/m0/s1. The van der Waals surface area contributed by atoms with Gasteiger partial charge in [0.15, 0.2) is 0 Å². The van der Waals surface area contributed by atoms with Gasteiger partial charge in [-0.1, -0.05) is 23.7 Å². The predicted molar refractivity (Wildman–Crippen MR) is 92.9 cm³/mol. The lowest BCUT2D eigenvalue weighted by molar-refractivity contribution is -0.119. The molecule has 1 fully saturated rings. The van der Waals surface area contributed by atoms with Crippen LogP contribution in [0.2, 0.25) is 5.02 Å². The number of hydrogen-bond donors (Lipinski definition) is 2. The summed E-state index contributed by atoms with van der Waals surface area (Å²) in [5.41, 5.74) is 2.00. The molecule has 0 unspecified atom stereocenters. The zero-order chi connectivity index (χ0) is 15.8. The number of benzene rings is 1. The molecule has 1 atom stereocenters. The number of amides is 1. The number of nitrogens with one attached hydrogen (secondary N) is 2. The van der Waals surface area contributed by atoms with Gasteiger partial charge < -0.3 is 10.6 Å². The van der Waals surface area contributed by atoms with Crippen LogP contribution in [0.1, 0.15) is 6.42 Å². The van der Waals surface area contributed by atoms with E-state index >= 15 is 0 Å². The van der Waals surface area contributed by atoms with E-state index in [1.165, 1.54) is 0 Å². The molecule has 2 aromatic heterocycles. The van der Waals surface area contributed by atoms with Crippen molar-refractivity contribution in [1.29, 1.82) is 0 Å². The van der Waals surface area contributed by atoms with Crippen molar-refractivity contribution in [3.8, 4) is 10.4 Å². The summed E-state index contributed by atoms with van der Waals surface area (Å²) < 4.78 is 0.997. The fourth-order valence-corrected chi connectivity index (χ4v) is 3.81. The number of aromatic nitrogens is 2. The number of fused-ring (bicyclic) bond motifs is 1. The molecule has 1 aliphatic heterocycles. The highest BCUT2D eigenvalue weighted by atomic mass is 35.5. The van der Waals surface area contributed by atoms with Crippen molar-refractivity contribution < 1.29 is 4.79 Å². The smallest absolute Gasteiger partial charge is 0.222 e. The average Bonchev–Trinajstić information content (AvgIpc) is 3.15. The quantitative estimate of drug-likeness (QED) is 0.765. The van der Waals surface area contributed by atoms with Crippen molar-refractivity contribution in [3.63, 3.8) is 0 Å². The molecular weight excluding hydrogens is 332 g/mol. The summed E-state index contributed by atoms with van der Waals surface area (Å²) in [6, 6.07) is 9.86. The Hall–Kier alpha value is -2.18. The number of nitrogens with zero attached hydrogens (tertiary/aromatic N) is 2. The highest BCUT2D eigenvalue weighted by Crippen LogP contribution is 2.36. The molecule has 0 aliphatic carbocycles. The summed E-state index contributed by atoms with van der Waals surface area (Å²) >= 11 is 7.58. The molecule has 23 heavy (non-hydrogen) atoms. The van der Waals surface area contributed by atoms with Gasteiger partial charge >= 0.3 is 0 Å². The Kier molecular flexibility index (Phi) is 3.63. The van der Waals surface area contributed by atoms with Crippen LogP contribution in [-0.4, -0.2) is 28.5 Å². The van der Waals surface area contributed by atoms with Crippen LogP contribution in [-0.2, 0) is 4.79 Å². The van der Waals surface area contributed by atoms with Crippen LogP contribution in [0.4, 0.5) is 5.82 Å². The van der Waals surface area contributed by atoms with E-state index < -0.39 is 0 Å². The molecular formula is C16H13ClN4OS. The number of anilines is 1. The van der Waals surface area contributed by atoms with Gasteiger partial charge in [-0.15, -0.1) is 11.3 Å². The first-order valence-electron chi connectivity index (χ1n) is 7.23. The number of halogens is 1. The molecule has 4 rings (SSSR count). The van der Waals surface area contributed by atoms with Crippen LogP contribution in [0, 0.1) is 0 Å². The van der Waals surface area contributed by atoms with Crippen LogP contribution in [0.25, 0.3) is 20.7 Å². The van der Waals surface area contributed by atoms with Gasteiger partial charge in [-0.05, 0) is 23.8 Å². The maximum Gasteiger partial charge on any atom is 0.222 e. The number of thiophene rings is 1. The predicted octanol–water partition coefficient (Wildman–Crippen LogP) is 3.31. The van der Waals surface area contributed by atoms with Crippen molar-refractivity contribution in [2.75, 3.05) is 11.9 Å². The molecule has 1 aliphatic rings. The van der Waals surface area contributed by atoms with E-state index in [-0.39, 0.29) is 11.9 Å². The molecule has 1 amide bonds. The van der Waals surface area contributed by atoms with Gasteiger partial charge in [0.2, 0.25) is 5.91 Å². The van der Waals surface area contributed by atoms with Crippen LogP contribution in [0.3, 0.4) is 0 Å². The van der Waals surface area contributed by atoms with E-state index in [2.05, 4.69) is 20.6 Å². The van der Waals surface area contributed by atoms with Crippen molar-refractivity contribution in [2.45, 2.75) is 12.5 Å². The minimum Gasteiger partial charge on any atom is -0.364 e. The fraction of sp³-hybridized carbons (Fsp3) is 0.188. The Labute approximate surface area is 141 Å². The van der Waals surface area contributed by atoms with Gasteiger partial charge in [0, 0.05) is 22.9 Å². The largest absolute Gasteiger partial charge is 0.364 e. The topological polar surface area (TPSA) is 66.9 Å². The first-order valence-corrected chi connectivity index (χ1v) is 8.42. The van der Waals surface area contributed by atoms with Crippen molar-refractivity contribution in [2.24, 2.45) is 0 Å². The molecule has 5 nitrogen and oxygen atoms in total. The SMILES string of the molecule is O=C1C[C@H](Nc2ncnc3cc(-c4ccc(Cl)cc4)sc23)CN1. The Morgan fingerprint density at radius 1 is 1.26 bits per heavy atom. The zero-order valence-electron chi connectivity index (χ0n) is 12.0. The minimum absolute atomic E-state index is 0.0702. The molecule has 7 heteroatoms. The molecule has 3 heterocycles. The van der Waals surface area contributed by atoms with Gasteiger partial charge in [0.05, 0.1) is 16.3 Å². The lowest BCUT2D eigenvalue weighted by Gasteiger charge is -2.10. The minimum atomic E-state index is 0.0702.